The highest BCUT2D eigenvalue weighted by Crippen LogP contribution is 2.38. The molecule has 0 aliphatic carbocycles. The molecule has 1 atom stereocenters. The lowest BCUT2D eigenvalue weighted by atomic mass is 10.0. The van der Waals surface area contributed by atoms with Gasteiger partial charge < -0.3 is 14.8 Å². The summed E-state index contributed by atoms with van der Waals surface area (Å²) in [5, 5.41) is 17.5. The number of para-hydroxylation sites is 1. The van der Waals surface area contributed by atoms with Gasteiger partial charge in [-0.1, -0.05) is 24.3 Å². The summed E-state index contributed by atoms with van der Waals surface area (Å²) < 4.78 is 47.5. The third-order valence-electron chi connectivity index (χ3n) is 4.56. The summed E-state index contributed by atoms with van der Waals surface area (Å²) in [4.78, 5) is 12.6. The Morgan fingerprint density at radius 1 is 1.13 bits per heavy atom. The van der Waals surface area contributed by atoms with Crippen LogP contribution in [0.5, 0.6) is 0 Å². The summed E-state index contributed by atoms with van der Waals surface area (Å²) in [5.74, 6) is -0.220. The number of fused-ring (bicyclic) bond motifs is 1. The molecule has 0 aliphatic rings. The van der Waals surface area contributed by atoms with Crippen LogP contribution in [-0.2, 0) is 13.2 Å². The van der Waals surface area contributed by atoms with Crippen LogP contribution in [0.4, 0.5) is 18.9 Å². The van der Waals surface area contributed by atoms with Crippen molar-refractivity contribution in [2.45, 2.75) is 12.4 Å². The van der Waals surface area contributed by atoms with Crippen LogP contribution < -0.4 is 10.7 Å². The van der Waals surface area contributed by atoms with Gasteiger partial charge in [0.2, 0.25) is 0 Å². The lowest BCUT2D eigenvalue weighted by Crippen LogP contribution is -2.12. The molecule has 0 saturated heterocycles. The van der Waals surface area contributed by atoms with Gasteiger partial charge in [0.1, 0.15) is 11.5 Å². The molecule has 0 fully saturated rings. The Balaban J connectivity index is 1.84. The molecule has 1 unspecified atom stereocenters. The zero-order chi connectivity index (χ0) is 21.5. The van der Waals surface area contributed by atoms with E-state index < -0.39 is 23.4 Å². The lowest BCUT2D eigenvalue weighted by Gasteiger charge is -2.15. The summed E-state index contributed by atoms with van der Waals surface area (Å²) in [5.41, 5.74) is -1.05. The highest BCUT2D eigenvalue weighted by Gasteiger charge is 2.34. The van der Waals surface area contributed by atoms with E-state index in [-0.39, 0.29) is 28.0 Å². The highest BCUT2D eigenvalue weighted by molar-refractivity contribution is 5.89. The van der Waals surface area contributed by atoms with Crippen molar-refractivity contribution in [1.29, 1.82) is 0 Å². The molecule has 4 aromatic rings. The molecule has 4 rings (SSSR count). The van der Waals surface area contributed by atoms with E-state index in [0.717, 1.165) is 12.1 Å². The largest absolute Gasteiger partial charge is 0.454 e. The maximum Gasteiger partial charge on any atom is 0.417 e. The number of benzene rings is 2. The van der Waals surface area contributed by atoms with Gasteiger partial charge in [-0.05, 0) is 24.3 Å². The number of alkyl halides is 3. The average Bonchev–Trinajstić information content (AvgIpc) is 3.14. The van der Waals surface area contributed by atoms with E-state index in [1.54, 1.807) is 31.4 Å². The van der Waals surface area contributed by atoms with Crippen molar-refractivity contribution < 1.29 is 22.7 Å². The van der Waals surface area contributed by atoms with Crippen LogP contribution in [0, 0.1) is 0 Å². The van der Waals surface area contributed by atoms with Crippen LogP contribution in [0.3, 0.4) is 0 Å². The number of rotatable bonds is 4. The van der Waals surface area contributed by atoms with Gasteiger partial charge in [-0.15, -0.1) is 0 Å². The molecule has 0 spiro atoms. The minimum atomic E-state index is -4.61. The first-order valence-corrected chi connectivity index (χ1v) is 8.91. The zero-order valence-electron chi connectivity index (χ0n) is 15.6. The second-order valence-corrected chi connectivity index (χ2v) is 6.66. The minimum absolute atomic E-state index is 0.0342. The summed E-state index contributed by atoms with van der Waals surface area (Å²) in [6.07, 6.45) is -4.18. The van der Waals surface area contributed by atoms with Crippen LogP contribution in [0.1, 0.15) is 17.5 Å². The van der Waals surface area contributed by atoms with Gasteiger partial charge in [0.25, 0.3) is 0 Å². The van der Waals surface area contributed by atoms with Crippen LogP contribution in [-0.4, -0.2) is 14.9 Å². The number of hydrogen-bond donors (Lipinski definition) is 2. The zero-order valence-corrected chi connectivity index (χ0v) is 15.6. The summed E-state index contributed by atoms with van der Waals surface area (Å²) in [7, 11) is 1.69. The second kappa shape index (κ2) is 7.34. The van der Waals surface area contributed by atoms with Crippen molar-refractivity contribution in [3.8, 4) is 11.3 Å². The van der Waals surface area contributed by atoms with Crippen molar-refractivity contribution in [2.75, 3.05) is 5.32 Å². The van der Waals surface area contributed by atoms with E-state index in [4.69, 9.17) is 4.42 Å². The molecule has 0 aliphatic heterocycles. The number of aliphatic hydroxyl groups is 1. The molecular formula is C21H16F3N3O3. The van der Waals surface area contributed by atoms with Crippen molar-refractivity contribution >= 4 is 16.7 Å². The Kier molecular flexibility index (Phi) is 4.83. The smallest absolute Gasteiger partial charge is 0.417 e. The maximum absolute atomic E-state index is 13.4. The fraction of sp³-hybridized carbons (Fsp3) is 0.143. The number of halogens is 3. The first-order chi connectivity index (χ1) is 14.2. The van der Waals surface area contributed by atoms with E-state index in [2.05, 4.69) is 10.4 Å². The fourth-order valence-corrected chi connectivity index (χ4v) is 3.17. The third-order valence-corrected chi connectivity index (χ3v) is 4.56. The molecule has 0 amide bonds. The molecule has 154 valence electrons. The minimum Gasteiger partial charge on any atom is -0.454 e. The molecule has 0 bridgehead atoms. The van der Waals surface area contributed by atoms with Crippen molar-refractivity contribution in [1.82, 2.24) is 9.78 Å². The SMILES string of the molecule is Cn1ccc(C(O)Nc2cccc3c(=O)cc(-c4ccccc4C(F)(F)F)oc23)n1. The highest BCUT2D eigenvalue weighted by atomic mass is 19.4. The molecule has 0 saturated carbocycles. The Morgan fingerprint density at radius 2 is 1.90 bits per heavy atom. The molecule has 2 N–H and O–H groups in total. The van der Waals surface area contributed by atoms with Gasteiger partial charge >= 0.3 is 6.18 Å². The lowest BCUT2D eigenvalue weighted by molar-refractivity contribution is -0.137. The van der Waals surface area contributed by atoms with E-state index in [1.165, 1.54) is 28.9 Å². The van der Waals surface area contributed by atoms with Crippen LogP contribution in [0.2, 0.25) is 0 Å². The van der Waals surface area contributed by atoms with Crippen LogP contribution in [0.25, 0.3) is 22.3 Å². The van der Waals surface area contributed by atoms with Gasteiger partial charge in [0.15, 0.2) is 17.2 Å². The predicted molar refractivity (Wildman–Crippen MR) is 105 cm³/mol. The standard InChI is InChI=1S/C21H16F3N3O3/c1-27-10-9-16(26-27)20(29)25-15-8-4-6-13-17(28)11-18(30-19(13)15)12-5-2-3-7-14(12)21(22,23)24/h2-11,20,25,29H,1H3. The van der Waals surface area contributed by atoms with E-state index in [0.29, 0.717) is 5.69 Å². The summed E-state index contributed by atoms with van der Waals surface area (Å²) in [6.45, 7) is 0. The Labute approximate surface area is 168 Å². The number of aromatic nitrogens is 2. The Bertz CT molecular complexity index is 1280. The molecule has 6 nitrogen and oxygen atoms in total. The fourth-order valence-electron chi connectivity index (χ4n) is 3.17. The number of anilines is 1. The van der Waals surface area contributed by atoms with E-state index >= 15 is 0 Å². The van der Waals surface area contributed by atoms with Gasteiger partial charge in [0.05, 0.1) is 16.6 Å². The average molecular weight is 415 g/mol. The first-order valence-electron chi connectivity index (χ1n) is 8.91. The quantitative estimate of drug-likeness (QED) is 0.486. The molecule has 30 heavy (non-hydrogen) atoms. The van der Waals surface area contributed by atoms with E-state index in [1.807, 2.05) is 0 Å². The number of nitrogens with zero attached hydrogens (tertiary/aromatic N) is 2. The predicted octanol–water partition coefficient (Wildman–Crippen LogP) is 4.32. The topological polar surface area (TPSA) is 80.3 Å². The summed E-state index contributed by atoms with van der Waals surface area (Å²) >= 11 is 0. The normalized spacial score (nSPS) is 12.8. The van der Waals surface area contributed by atoms with Gasteiger partial charge in [-0.2, -0.15) is 18.3 Å². The van der Waals surface area contributed by atoms with Gasteiger partial charge in [-0.25, -0.2) is 0 Å². The number of hydrogen-bond acceptors (Lipinski definition) is 5. The summed E-state index contributed by atoms with van der Waals surface area (Å²) in [6, 6.07) is 12.1. The molecular weight excluding hydrogens is 399 g/mol. The second-order valence-electron chi connectivity index (χ2n) is 6.66. The number of nitrogens with one attached hydrogen (secondary N) is 1. The van der Waals surface area contributed by atoms with Crippen molar-refractivity contribution in [3.63, 3.8) is 0 Å². The van der Waals surface area contributed by atoms with Crippen molar-refractivity contribution in [2.24, 2.45) is 7.05 Å². The van der Waals surface area contributed by atoms with Crippen LogP contribution in [0.15, 0.2) is 70.0 Å². The van der Waals surface area contributed by atoms with Gasteiger partial charge in [0, 0.05) is 24.9 Å². The number of aryl methyl sites for hydroxylation is 1. The van der Waals surface area contributed by atoms with E-state index in [9.17, 15) is 23.1 Å². The third kappa shape index (κ3) is 3.67. The molecule has 2 heterocycles. The molecule has 2 aromatic carbocycles. The van der Waals surface area contributed by atoms with Gasteiger partial charge in [-0.3, -0.25) is 9.48 Å². The van der Waals surface area contributed by atoms with Crippen molar-refractivity contribution in [3.05, 3.63) is 82.3 Å². The molecule has 0 radical (unpaired) electrons. The molecule has 9 heteroatoms. The monoisotopic (exact) mass is 415 g/mol. The molecule has 2 aromatic heterocycles. The Hall–Kier alpha value is -3.59. The maximum atomic E-state index is 13.4. The Morgan fingerprint density at radius 3 is 2.60 bits per heavy atom. The van der Waals surface area contributed by atoms with Crippen LogP contribution >= 0.6 is 0 Å². The first kappa shape index (κ1) is 19.7. The number of aliphatic hydroxyl groups excluding tert-OH is 1.